The molecule has 0 aliphatic carbocycles. The van der Waals surface area contributed by atoms with Crippen molar-refractivity contribution in [2.24, 2.45) is 0 Å². The molecule has 1 atom stereocenters. The summed E-state index contributed by atoms with van der Waals surface area (Å²) in [5, 5.41) is 3.14. The molecule has 1 unspecified atom stereocenters. The number of hydrogen-bond acceptors (Lipinski definition) is 3. The summed E-state index contributed by atoms with van der Waals surface area (Å²) in [5.41, 5.74) is 0.938. The van der Waals surface area contributed by atoms with Crippen molar-refractivity contribution < 1.29 is 9.18 Å². The largest absolute Gasteiger partial charge is 0.340 e. The summed E-state index contributed by atoms with van der Waals surface area (Å²) in [5.74, 6) is 1.50. The second-order valence-electron chi connectivity index (χ2n) is 4.09. The molecular weight excluding hydrogens is 275 g/mol. The van der Waals surface area contributed by atoms with E-state index in [1.165, 1.54) is 12.1 Å². The van der Waals surface area contributed by atoms with Crippen LogP contribution in [0.15, 0.2) is 24.3 Å². The predicted molar refractivity (Wildman–Crippen MR) is 74.4 cm³/mol. The van der Waals surface area contributed by atoms with Crippen LogP contribution in [0.4, 0.5) is 4.39 Å². The first-order valence-corrected chi connectivity index (χ1v) is 6.63. The van der Waals surface area contributed by atoms with Crippen LogP contribution in [0.2, 0.25) is 0 Å². The minimum Gasteiger partial charge on any atom is -0.340 e. The van der Waals surface area contributed by atoms with E-state index in [1.54, 1.807) is 35.8 Å². The molecule has 1 aliphatic rings. The number of halogens is 2. The number of rotatable bonds is 3. The maximum Gasteiger partial charge on any atom is 0.240 e. The number of carbonyl (C=O) groups excluding carboxylic acids is 1. The lowest BCUT2D eigenvalue weighted by Gasteiger charge is -2.20. The van der Waals surface area contributed by atoms with E-state index in [0.29, 0.717) is 6.54 Å². The fourth-order valence-electron chi connectivity index (χ4n) is 1.76. The first-order valence-electron chi connectivity index (χ1n) is 5.47. The molecule has 1 aliphatic heterocycles. The number of nitrogens with one attached hydrogen (secondary N) is 1. The number of hydrogen-bond donors (Lipinski definition) is 1. The lowest BCUT2D eigenvalue weighted by atomic mass is 10.2. The first kappa shape index (κ1) is 15.3. The molecule has 1 amide bonds. The first-order chi connectivity index (χ1) is 8.16. The summed E-state index contributed by atoms with van der Waals surface area (Å²) < 4.78 is 12.7. The minimum atomic E-state index is -0.253. The van der Waals surface area contributed by atoms with Gasteiger partial charge in [-0.1, -0.05) is 12.1 Å². The number of thioether (sulfide) groups is 1. The quantitative estimate of drug-likeness (QED) is 0.922. The van der Waals surface area contributed by atoms with Gasteiger partial charge in [0.15, 0.2) is 0 Å². The van der Waals surface area contributed by atoms with E-state index in [0.717, 1.165) is 17.2 Å². The molecule has 1 aromatic carbocycles. The summed E-state index contributed by atoms with van der Waals surface area (Å²) in [7, 11) is 1.77. The molecule has 0 saturated carbocycles. The molecule has 1 saturated heterocycles. The van der Waals surface area contributed by atoms with E-state index in [9.17, 15) is 9.18 Å². The summed E-state index contributed by atoms with van der Waals surface area (Å²) in [6.45, 7) is 0.516. The lowest BCUT2D eigenvalue weighted by molar-refractivity contribution is -0.131. The van der Waals surface area contributed by atoms with Gasteiger partial charge in [0, 0.05) is 25.2 Å². The van der Waals surface area contributed by atoms with Crippen LogP contribution < -0.4 is 5.32 Å². The highest BCUT2D eigenvalue weighted by atomic mass is 35.5. The average Bonchev–Trinajstić information content (AvgIpc) is 2.84. The molecule has 1 N–H and O–H groups in total. The zero-order valence-electron chi connectivity index (χ0n) is 10.1. The van der Waals surface area contributed by atoms with Gasteiger partial charge in [-0.05, 0) is 17.7 Å². The third-order valence-electron chi connectivity index (χ3n) is 2.72. The highest BCUT2D eigenvalue weighted by Crippen LogP contribution is 2.13. The molecule has 0 bridgehead atoms. The summed E-state index contributed by atoms with van der Waals surface area (Å²) in [4.78, 5) is 13.7. The average molecular weight is 291 g/mol. The van der Waals surface area contributed by atoms with E-state index in [-0.39, 0.29) is 30.2 Å². The molecule has 1 aromatic rings. The monoisotopic (exact) mass is 290 g/mol. The van der Waals surface area contributed by atoms with Crippen molar-refractivity contribution in [2.45, 2.75) is 12.6 Å². The lowest BCUT2D eigenvalue weighted by Crippen LogP contribution is -2.42. The highest BCUT2D eigenvalue weighted by molar-refractivity contribution is 7.99. The Morgan fingerprint density at radius 3 is 2.72 bits per heavy atom. The number of nitrogens with zero attached hydrogens (tertiary/aromatic N) is 1. The Labute approximate surface area is 117 Å². The third kappa shape index (κ3) is 3.86. The van der Waals surface area contributed by atoms with Crippen molar-refractivity contribution in [3.63, 3.8) is 0 Å². The molecule has 0 radical (unpaired) electrons. The van der Waals surface area contributed by atoms with Crippen LogP contribution in [0.25, 0.3) is 0 Å². The van der Waals surface area contributed by atoms with Crippen molar-refractivity contribution in [2.75, 3.05) is 18.7 Å². The van der Waals surface area contributed by atoms with Crippen molar-refractivity contribution >= 4 is 30.1 Å². The zero-order chi connectivity index (χ0) is 12.3. The highest BCUT2D eigenvalue weighted by Gasteiger charge is 2.25. The van der Waals surface area contributed by atoms with Gasteiger partial charge in [0.05, 0.1) is 6.04 Å². The zero-order valence-corrected chi connectivity index (χ0v) is 11.7. The Morgan fingerprint density at radius 1 is 1.50 bits per heavy atom. The van der Waals surface area contributed by atoms with Crippen LogP contribution in [0.1, 0.15) is 5.56 Å². The Kier molecular flexibility index (Phi) is 5.91. The number of likely N-dealkylation sites (N-methyl/N-ethyl adjacent to an activating group) is 1. The molecule has 0 aromatic heterocycles. The summed E-state index contributed by atoms with van der Waals surface area (Å²) in [6, 6.07) is 6.16. The van der Waals surface area contributed by atoms with Crippen LogP contribution in [0.5, 0.6) is 0 Å². The Balaban J connectivity index is 0.00000162. The van der Waals surface area contributed by atoms with Gasteiger partial charge >= 0.3 is 0 Å². The molecule has 18 heavy (non-hydrogen) atoms. The van der Waals surface area contributed by atoms with Gasteiger partial charge in [-0.3, -0.25) is 10.1 Å². The van der Waals surface area contributed by atoms with E-state index >= 15 is 0 Å². The van der Waals surface area contributed by atoms with Gasteiger partial charge in [-0.2, -0.15) is 0 Å². The van der Waals surface area contributed by atoms with Gasteiger partial charge in [-0.15, -0.1) is 24.2 Å². The Hall–Kier alpha value is -0.780. The van der Waals surface area contributed by atoms with E-state index in [1.807, 2.05) is 0 Å². The minimum absolute atomic E-state index is 0. The van der Waals surface area contributed by atoms with Crippen molar-refractivity contribution in [1.82, 2.24) is 10.2 Å². The molecule has 3 nitrogen and oxygen atoms in total. The van der Waals surface area contributed by atoms with Crippen LogP contribution in [0, 0.1) is 5.82 Å². The second-order valence-corrected chi connectivity index (χ2v) is 5.12. The van der Waals surface area contributed by atoms with Crippen molar-refractivity contribution in [3.05, 3.63) is 35.6 Å². The smallest absolute Gasteiger partial charge is 0.240 e. The van der Waals surface area contributed by atoms with Gasteiger partial charge in [0.2, 0.25) is 5.91 Å². The molecule has 1 heterocycles. The van der Waals surface area contributed by atoms with Gasteiger partial charge in [0.1, 0.15) is 5.82 Å². The Morgan fingerprint density at radius 2 is 2.17 bits per heavy atom. The topological polar surface area (TPSA) is 32.3 Å². The van der Waals surface area contributed by atoms with Crippen LogP contribution in [-0.4, -0.2) is 35.5 Å². The van der Waals surface area contributed by atoms with Gasteiger partial charge in [0.25, 0.3) is 0 Å². The maximum absolute atomic E-state index is 12.7. The molecule has 0 spiro atoms. The van der Waals surface area contributed by atoms with E-state index < -0.39 is 0 Å². The third-order valence-corrected chi connectivity index (χ3v) is 3.66. The number of carbonyl (C=O) groups is 1. The van der Waals surface area contributed by atoms with Crippen molar-refractivity contribution in [1.29, 1.82) is 0 Å². The summed E-state index contributed by atoms with van der Waals surface area (Å²) >= 11 is 1.73. The fraction of sp³-hybridized carbons (Fsp3) is 0.417. The van der Waals surface area contributed by atoms with Crippen LogP contribution >= 0.6 is 24.2 Å². The molecule has 6 heteroatoms. The van der Waals surface area contributed by atoms with E-state index in [2.05, 4.69) is 5.32 Å². The molecule has 1 fully saturated rings. The number of amides is 1. The molecule has 100 valence electrons. The van der Waals surface area contributed by atoms with Gasteiger partial charge in [-0.25, -0.2) is 4.39 Å². The normalized spacial score (nSPS) is 18.2. The fourth-order valence-corrected chi connectivity index (χ4v) is 2.69. The second kappa shape index (κ2) is 6.97. The maximum atomic E-state index is 12.7. The van der Waals surface area contributed by atoms with E-state index in [4.69, 9.17) is 0 Å². The van der Waals surface area contributed by atoms with Crippen LogP contribution in [0.3, 0.4) is 0 Å². The standard InChI is InChI=1S/C12H15FN2OS.ClH/c1-15(12(16)11-7-17-8-14-11)6-9-2-4-10(13)5-3-9;/h2-5,11,14H,6-8H2,1H3;1H. The number of benzene rings is 1. The SMILES string of the molecule is CN(Cc1ccc(F)cc1)C(=O)C1CSCN1.Cl. The molecule has 2 rings (SSSR count). The van der Waals surface area contributed by atoms with Gasteiger partial charge < -0.3 is 4.90 Å². The summed E-state index contributed by atoms with van der Waals surface area (Å²) in [6.07, 6.45) is 0. The van der Waals surface area contributed by atoms with Crippen LogP contribution in [-0.2, 0) is 11.3 Å². The Bertz CT molecular complexity index is 396. The van der Waals surface area contributed by atoms with Crippen molar-refractivity contribution in [3.8, 4) is 0 Å². The predicted octanol–water partition coefficient (Wildman–Crippen LogP) is 1.87. The molecular formula is C12H16ClFN2OS.